The maximum atomic E-state index is 14.7. The molecule has 8 rings (SSSR count). The zero-order chi connectivity index (χ0) is 43.2. The second-order valence-corrected chi connectivity index (χ2v) is 17.9. The second kappa shape index (κ2) is 16.0. The summed E-state index contributed by atoms with van der Waals surface area (Å²) in [6.07, 6.45) is -8.39. The zero-order valence-corrected chi connectivity index (χ0v) is 34.3. The molecule has 17 heteroatoms. The number of allylic oxidation sites excluding steroid dienone is 2. The number of aliphatic hydroxyl groups is 6. The molecule has 0 radical (unpaired) electrons. The Labute approximate surface area is 346 Å². The molecular formula is C43H56O17. The summed E-state index contributed by atoms with van der Waals surface area (Å²) in [6.45, 7) is 8.11. The van der Waals surface area contributed by atoms with Gasteiger partial charge in [0.1, 0.15) is 23.6 Å². The van der Waals surface area contributed by atoms with Crippen LogP contribution in [0.1, 0.15) is 118 Å². The predicted molar refractivity (Wildman–Crippen MR) is 204 cm³/mol. The summed E-state index contributed by atoms with van der Waals surface area (Å²) < 4.78 is 42.7. The Balaban J connectivity index is 1.03. The number of rotatable bonds is 7. The number of aliphatic hydroxyl groups excluding tert-OH is 4. The van der Waals surface area contributed by atoms with E-state index < -0.39 is 144 Å². The topological polar surface area (TPSA) is 257 Å². The Morgan fingerprint density at radius 1 is 0.717 bits per heavy atom. The fourth-order valence-electron chi connectivity index (χ4n) is 10.1. The number of Topliss-reactive ketones (excluding diaryl/α,β-unsaturated/α-hetero) is 3. The Morgan fingerprint density at radius 3 is 2.08 bits per heavy atom. The van der Waals surface area contributed by atoms with Gasteiger partial charge < -0.3 is 68.9 Å². The summed E-state index contributed by atoms with van der Waals surface area (Å²) in [5.41, 5.74) is -7.56. The summed E-state index contributed by atoms with van der Waals surface area (Å²) in [6, 6.07) is 2.78. The molecule has 0 spiro atoms. The third kappa shape index (κ3) is 7.42. The van der Waals surface area contributed by atoms with Crippen molar-refractivity contribution in [2.75, 3.05) is 0 Å². The van der Waals surface area contributed by atoms with Gasteiger partial charge in [0.05, 0.1) is 71.7 Å². The van der Waals surface area contributed by atoms with Gasteiger partial charge in [0.15, 0.2) is 41.8 Å². The Hall–Kier alpha value is -3.01. The van der Waals surface area contributed by atoms with Crippen LogP contribution in [0, 0.1) is 0 Å². The van der Waals surface area contributed by atoms with E-state index in [9.17, 15) is 50.1 Å². The molecule has 4 saturated heterocycles. The highest BCUT2D eigenvalue weighted by molar-refractivity contribution is 6.32. The highest BCUT2D eigenvalue weighted by atomic mass is 16.7. The molecule has 3 aliphatic carbocycles. The van der Waals surface area contributed by atoms with Crippen LogP contribution in [-0.4, -0.2) is 150 Å². The first-order chi connectivity index (χ1) is 28.2. The van der Waals surface area contributed by atoms with E-state index in [0.29, 0.717) is 12.8 Å². The van der Waals surface area contributed by atoms with Crippen LogP contribution in [0.15, 0.2) is 35.4 Å². The number of aromatic hydroxyl groups is 1. The molecule has 1 aromatic rings. The molecule has 17 nitrogen and oxygen atoms in total. The van der Waals surface area contributed by atoms with Crippen molar-refractivity contribution in [2.45, 2.75) is 189 Å². The lowest BCUT2D eigenvalue weighted by atomic mass is 9.57. The Bertz CT molecular complexity index is 1930. The lowest BCUT2D eigenvalue weighted by molar-refractivity contribution is -0.306. The summed E-state index contributed by atoms with van der Waals surface area (Å²) in [5, 5.41) is 76.8. The van der Waals surface area contributed by atoms with Crippen LogP contribution in [0.2, 0.25) is 0 Å². The van der Waals surface area contributed by atoms with Gasteiger partial charge in [-0.05, 0) is 59.6 Å². The van der Waals surface area contributed by atoms with Crippen molar-refractivity contribution in [2.24, 2.45) is 0 Å². The van der Waals surface area contributed by atoms with Gasteiger partial charge in [0.25, 0.3) is 0 Å². The minimum atomic E-state index is -2.47. The van der Waals surface area contributed by atoms with Gasteiger partial charge in [-0.1, -0.05) is 12.1 Å². The lowest BCUT2D eigenvalue weighted by Crippen LogP contribution is -2.71. The van der Waals surface area contributed by atoms with Crippen molar-refractivity contribution < 1.29 is 83.3 Å². The molecule has 1 saturated carbocycles. The first-order valence-corrected chi connectivity index (χ1v) is 20.9. The molecule has 4 heterocycles. The van der Waals surface area contributed by atoms with Crippen molar-refractivity contribution in [3.63, 3.8) is 0 Å². The van der Waals surface area contributed by atoms with Crippen LogP contribution in [0.4, 0.5) is 0 Å². The summed E-state index contributed by atoms with van der Waals surface area (Å²) in [5.74, 6) is -3.03. The average molecular weight is 845 g/mol. The number of fused-ring (bicyclic) bond motifs is 3. The molecular weight excluding hydrogens is 788 g/mol. The van der Waals surface area contributed by atoms with E-state index in [0.717, 1.165) is 0 Å². The first-order valence-electron chi connectivity index (χ1n) is 20.9. The Kier molecular flexibility index (Phi) is 11.6. The number of ketones is 3. The molecule has 4 aliphatic heterocycles. The van der Waals surface area contributed by atoms with E-state index in [1.54, 1.807) is 20.8 Å². The number of carbonyl (C=O) groups excluding carboxylic acids is 3. The third-order valence-electron chi connectivity index (χ3n) is 13.3. The monoisotopic (exact) mass is 844 g/mol. The van der Waals surface area contributed by atoms with Crippen LogP contribution in [0.5, 0.6) is 5.75 Å². The third-order valence-corrected chi connectivity index (χ3v) is 13.3. The number of ether oxygens (including phenoxy) is 7. The molecule has 330 valence electrons. The maximum Gasteiger partial charge on any atom is 0.198 e. The van der Waals surface area contributed by atoms with E-state index in [4.69, 9.17) is 33.2 Å². The molecule has 0 bridgehead atoms. The van der Waals surface area contributed by atoms with Gasteiger partial charge in [-0.25, -0.2) is 0 Å². The van der Waals surface area contributed by atoms with E-state index >= 15 is 0 Å². The molecule has 1 unspecified atom stereocenters. The van der Waals surface area contributed by atoms with E-state index in [2.05, 4.69) is 0 Å². The van der Waals surface area contributed by atoms with Gasteiger partial charge >= 0.3 is 0 Å². The maximum absolute atomic E-state index is 14.7. The molecule has 7 aliphatic rings. The first kappa shape index (κ1) is 43.6. The van der Waals surface area contributed by atoms with Gasteiger partial charge in [0, 0.05) is 55.2 Å². The van der Waals surface area contributed by atoms with Gasteiger partial charge in [0.2, 0.25) is 0 Å². The van der Waals surface area contributed by atoms with Crippen LogP contribution in [-0.2, 0) is 38.0 Å². The average Bonchev–Trinajstić information content (AvgIpc) is 3.17. The number of phenolic OH excluding ortho intramolecular Hbond substituents is 1. The predicted octanol–water partition coefficient (Wildman–Crippen LogP) is 1.49. The lowest BCUT2D eigenvalue weighted by Gasteiger charge is -2.55. The molecule has 5 fully saturated rings. The summed E-state index contributed by atoms with van der Waals surface area (Å²) in [7, 11) is 0. The highest BCUT2D eigenvalue weighted by Gasteiger charge is 2.69. The molecule has 0 aromatic heterocycles. The van der Waals surface area contributed by atoms with Crippen molar-refractivity contribution in [1.29, 1.82) is 0 Å². The van der Waals surface area contributed by atoms with Crippen LogP contribution >= 0.6 is 0 Å². The second-order valence-electron chi connectivity index (χ2n) is 17.9. The van der Waals surface area contributed by atoms with Crippen molar-refractivity contribution in [3.05, 3.63) is 52.1 Å². The smallest absolute Gasteiger partial charge is 0.198 e. The van der Waals surface area contributed by atoms with E-state index in [1.807, 2.05) is 6.92 Å². The fourth-order valence-corrected chi connectivity index (χ4v) is 10.1. The van der Waals surface area contributed by atoms with Crippen LogP contribution in [0.25, 0.3) is 0 Å². The zero-order valence-electron chi connectivity index (χ0n) is 34.3. The van der Waals surface area contributed by atoms with E-state index in [-0.39, 0.29) is 47.9 Å². The number of hydrogen-bond acceptors (Lipinski definition) is 17. The molecule has 1 aromatic carbocycles. The van der Waals surface area contributed by atoms with Gasteiger partial charge in [-0.15, -0.1) is 0 Å². The molecule has 17 atom stereocenters. The van der Waals surface area contributed by atoms with E-state index in [1.165, 1.54) is 31.2 Å². The van der Waals surface area contributed by atoms with Crippen LogP contribution < -0.4 is 0 Å². The largest absolute Gasteiger partial charge is 0.507 e. The SMILES string of the molecule is C[C@@H]1O[C@@H](O[C@@H]2CC(c3ccc4c(c3O)C(=O)C3=C(C4=O)[C@]4(O[C@H]5CC[C@H](O)[C@H](C)O5)C(=O)C[C@@](C)(O)C[C@@]4(O)C=C3)O[C@H](C)[C@H]2O)CC[C@@H]1O[C@H]1C[C@@H](O)[C@H](O)[C@@H](C)O1. The number of carbonyl (C=O) groups is 3. The number of hydrogen-bond donors (Lipinski definition) is 7. The quantitative estimate of drug-likeness (QED) is 0.205. The summed E-state index contributed by atoms with van der Waals surface area (Å²) >= 11 is 0. The normalized spacial score (nSPS) is 45.9. The minimum Gasteiger partial charge on any atom is -0.507 e. The van der Waals surface area contributed by atoms with Crippen LogP contribution in [0.3, 0.4) is 0 Å². The highest BCUT2D eigenvalue weighted by Crippen LogP contribution is 2.55. The summed E-state index contributed by atoms with van der Waals surface area (Å²) in [4.78, 5) is 43.5. The molecule has 60 heavy (non-hydrogen) atoms. The fraction of sp³-hybridized carbons (Fsp3) is 0.698. The molecule has 0 amide bonds. The van der Waals surface area contributed by atoms with Gasteiger partial charge in [-0.3, -0.25) is 14.4 Å². The standard InChI is InChI=1S/C43H56O17/c1-18-25(44)8-10-32(55-18)60-43-30(46)16-41(5,52)17-42(43,53)13-12-24-35(43)40(51)23-7-6-22(38(49)34(23)39(24)50)28-15-29(37(48)21(4)54-28)59-31-11-9-27(19(2)56-31)58-33-14-26(45)36(47)20(3)57-33/h6-7,12-13,18-21,25-29,31-33,36-37,44-45,47-49,52-53H,8-11,14-17H2,1-5H3/t18-,19-,20+,21+,25-,26+,27-,28?,29+,31-,32-,33-,36+,37+,41+,42-,43+/m0/s1. The number of benzene rings is 1. The van der Waals surface area contributed by atoms with Gasteiger partial charge in [-0.2, -0.15) is 0 Å². The Morgan fingerprint density at radius 2 is 1.38 bits per heavy atom. The number of phenols is 1. The van der Waals surface area contributed by atoms with Crippen molar-refractivity contribution in [3.8, 4) is 5.75 Å². The van der Waals surface area contributed by atoms with Crippen molar-refractivity contribution >= 4 is 17.3 Å². The molecule has 7 N–H and O–H groups in total. The minimum absolute atomic E-state index is 0.0307. The van der Waals surface area contributed by atoms with Crippen molar-refractivity contribution in [1.82, 2.24) is 0 Å².